The normalized spacial score (nSPS) is 14.2. The first kappa shape index (κ1) is 22.0. The molecule has 30 heavy (non-hydrogen) atoms. The monoisotopic (exact) mass is 473 g/mol. The van der Waals surface area contributed by atoms with E-state index >= 15 is 0 Å². The van der Waals surface area contributed by atoms with E-state index in [9.17, 15) is 9.59 Å². The first-order valence-electron chi connectivity index (χ1n) is 9.66. The van der Waals surface area contributed by atoms with Gasteiger partial charge >= 0.3 is 0 Å². The van der Waals surface area contributed by atoms with Gasteiger partial charge in [-0.1, -0.05) is 28.1 Å². The van der Waals surface area contributed by atoms with Crippen LogP contribution >= 0.6 is 15.9 Å². The molecule has 1 aromatic heterocycles. The van der Waals surface area contributed by atoms with Crippen LogP contribution in [-0.4, -0.2) is 73.1 Å². The lowest BCUT2D eigenvalue weighted by Gasteiger charge is -2.34. The molecule has 1 aliphatic heterocycles. The van der Waals surface area contributed by atoms with Crippen molar-refractivity contribution >= 4 is 33.8 Å². The lowest BCUT2D eigenvalue weighted by molar-refractivity contribution is -0.127. The maximum atomic E-state index is 12.7. The van der Waals surface area contributed by atoms with E-state index in [1.165, 1.54) is 6.20 Å². The van der Waals surface area contributed by atoms with Crippen LogP contribution in [0.25, 0.3) is 6.08 Å². The summed E-state index contributed by atoms with van der Waals surface area (Å²) in [7, 11) is 1.60. The Bertz CT molecular complexity index is 876. The lowest BCUT2D eigenvalue weighted by atomic mass is 10.2. The summed E-state index contributed by atoms with van der Waals surface area (Å²) in [5.74, 6) is 0.310. The number of carbonyl (C=O) groups is 2. The van der Waals surface area contributed by atoms with E-state index in [2.05, 4.69) is 20.9 Å². The number of hydrogen-bond acceptors (Lipinski definition) is 5. The van der Waals surface area contributed by atoms with Gasteiger partial charge < -0.3 is 19.3 Å². The highest BCUT2D eigenvalue weighted by molar-refractivity contribution is 9.10. The maximum Gasteiger partial charge on any atom is 0.255 e. The fourth-order valence-electron chi connectivity index (χ4n) is 2.98. The molecule has 0 spiro atoms. The first-order valence-corrected chi connectivity index (χ1v) is 10.5. The largest absolute Gasteiger partial charge is 0.475 e. The van der Waals surface area contributed by atoms with E-state index in [4.69, 9.17) is 9.47 Å². The van der Waals surface area contributed by atoms with E-state index in [0.717, 1.165) is 10.0 Å². The van der Waals surface area contributed by atoms with Crippen molar-refractivity contribution in [3.05, 3.63) is 64.3 Å². The summed E-state index contributed by atoms with van der Waals surface area (Å²) < 4.78 is 11.3. The molecule has 1 aromatic carbocycles. The van der Waals surface area contributed by atoms with Crippen molar-refractivity contribution in [3.63, 3.8) is 0 Å². The zero-order valence-electron chi connectivity index (χ0n) is 16.8. The highest BCUT2D eigenvalue weighted by Crippen LogP contribution is 2.14. The van der Waals surface area contributed by atoms with Crippen LogP contribution in [0.4, 0.5) is 0 Å². The molecule has 1 saturated heterocycles. The second-order valence-corrected chi connectivity index (χ2v) is 7.64. The van der Waals surface area contributed by atoms with Crippen LogP contribution in [0.2, 0.25) is 0 Å². The van der Waals surface area contributed by atoms with Gasteiger partial charge in [-0.05, 0) is 29.8 Å². The molecule has 0 aliphatic carbocycles. The molecule has 158 valence electrons. The minimum absolute atomic E-state index is 0.0516. The second kappa shape index (κ2) is 10.9. The highest BCUT2D eigenvalue weighted by atomic mass is 79.9. The predicted octanol–water partition coefficient (Wildman–Crippen LogP) is 2.87. The van der Waals surface area contributed by atoms with Crippen molar-refractivity contribution in [1.82, 2.24) is 14.8 Å². The zero-order valence-corrected chi connectivity index (χ0v) is 18.4. The Hall–Kier alpha value is -2.71. The molecule has 1 fully saturated rings. The topological polar surface area (TPSA) is 72.0 Å². The van der Waals surface area contributed by atoms with E-state index < -0.39 is 0 Å². The molecule has 0 atom stereocenters. The van der Waals surface area contributed by atoms with Gasteiger partial charge in [-0.15, -0.1) is 0 Å². The quantitative estimate of drug-likeness (QED) is 0.456. The minimum atomic E-state index is -0.0940. The molecule has 2 aromatic rings. The van der Waals surface area contributed by atoms with Crippen LogP contribution in [-0.2, 0) is 9.53 Å². The number of hydrogen-bond donors (Lipinski definition) is 0. The molecular formula is C22H24BrN3O4. The molecule has 0 unspecified atom stereocenters. The Labute approximate surface area is 184 Å². The van der Waals surface area contributed by atoms with Crippen molar-refractivity contribution in [1.29, 1.82) is 0 Å². The number of carbonyl (C=O) groups excluding carboxylic acids is 2. The summed E-state index contributed by atoms with van der Waals surface area (Å²) >= 11 is 3.39. The second-order valence-electron chi connectivity index (χ2n) is 6.73. The van der Waals surface area contributed by atoms with Crippen LogP contribution in [0.5, 0.6) is 5.88 Å². The van der Waals surface area contributed by atoms with Crippen LogP contribution in [0.1, 0.15) is 15.9 Å². The fraction of sp³-hybridized carbons (Fsp3) is 0.318. The van der Waals surface area contributed by atoms with Gasteiger partial charge in [0.1, 0.15) is 6.61 Å². The Morgan fingerprint density at radius 2 is 1.73 bits per heavy atom. The number of rotatable bonds is 7. The number of aromatic nitrogens is 1. The number of amides is 2. The van der Waals surface area contributed by atoms with Crippen LogP contribution < -0.4 is 4.74 Å². The molecule has 0 radical (unpaired) electrons. The van der Waals surface area contributed by atoms with Crippen molar-refractivity contribution in [2.75, 3.05) is 46.5 Å². The molecule has 2 amide bonds. The van der Waals surface area contributed by atoms with E-state index in [1.54, 1.807) is 41.2 Å². The standard InChI is InChI=1S/C22H24BrN3O4/c1-29-14-15-30-20-8-5-18(16-24-20)22(28)26-12-10-25(11-13-26)21(27)9-4-17-2-6-19(23)7-3-17/h2-9,16H,10-15H2,1H3/b9-4+. The van der Waals surface area contributed by atoms with E-state index in [0.29, 0.717) is 50.8 Å². The Morgan fingerprint density at radius 3 is 2.37 bits per heavy atom. The van der Waals surface area contributed by atoms with Gasteiger partial charge in [0.05, 0.1) is 12.2 Å². The van der Waals surface area contributed by atoms with Gasteiger partial charge in [-0.25, -0.2) is 4.98 Å². The van der Waals surface area contributed by atoms with Crippen LogP contribution in [0.15, 0.2) is 53.1 Å². The number of pyridine rings is 1. The maximum absolute atomic E-state index is 12.7. The zero-order chi connectivity index (χ0) is 21.3. The van der Waals surface area contributed by atoms with Gasteiger partial charge in [0, 0.05) is 56.1 Å². The molecular weight excluding hydrogens is 450 g/mol. The Balaban J connectivity index is 1.49. The minimum Gasteiger partial charge on any atom is -0.475 e. The van der Waals surface area contributed by atoms with Crippen LogP contribution in [0, 0.1) is 0 Å². The molecule has 3 rings (SSSR count). The van der Waals surface area contributed by atoms with Gasteiger partial charge in [0.2, 0.25) is 11.8 Å². The number of benzene rings is 1. The van der Waals surface area contributed by atoms with Crippen molar-refractivity contribution in [2.24, 2.45) is 0 Å². The SMILES string of the molecule is COCCOc1ccc(C(=O)N2CCN(C(=O)/C=C/c3ccc(Br)cc3)CC2)cn1. The van der Waals surface area contributed by atoms with Crippen molar-refractivity contribution in [2.45, 2.75) is 0 Å². The number of halogens is 1. The summed E-state index contributed by atoms with van der Waals surface area (Å²) in [4.78, 5) is 32.8. The fourth-order valence-corrected chi connectivity index (χ4v) is 3.25. The number of nitrogens with zero attached hydrogens (tertiary/aromatic N) is 3. The highest BCUT2D eigenvalue weighted by Gasteiger charge is 2.24. The van der Waals surface area contributed by atoms with Crippen molar-refractivity contribution in [3.8, 4) is 5.88 Å². The van der Waals surface area contributed by atoms with Crippen LogP contribution in [0.3, 0.4) is 0 Å². The average molecular weight is 474 g/mol. The molecule has 0 N–H and O–H groups in total. The molecule has 0 bridgehead atoms. The average Bonchev–Trinajstić information content (AvgIpc) is 2.79. The summed E-state index contributed by atoms with van der Waals surface area (Å²) in [6, 6.07) is 11.1. The Kier molecular flexibility index (Phi) is 7.98. The van der Waals surface area contributed by atoms with Gasteiger partial charge in [-0.2, -0.15) is 0 Å². The first-order chi connectivity index (χ1) is 14.6. The van der Waals surface area contributed by atoms with Gasteiger partial charge in [-0.3, -0.25) is 9.59 Å². The molecule has 8 heteroatoms. The van der Waals surface area contributed by atoms with Crippen molar-refractivity contribution < 1.29 is 19.1 Å². The van der Waals surface area contributed by atoms with Gasteiger partial charge in [0.25, 0.3) is 5.91 Å². The number of ether oxygens (including phenoxy) is 2. The Morgan fingerprint density at radius 1 is 1.03 bits per heavy atom. The van der Waals surface area contributed by atoms with Gasteiger partial charge in [0.15, 0.2) is 0 Å². The summed E-state index contributed by atoms with van der Waals surface area (Å²) in [6.45, 7) is 2.86. The molecule has 0 saturated carbocycles. The molecule has 2 heterocycles. The summed E-state index contributed by atoms with van der Waals surface area (Å²) in [5.41, 5.74) is 1.46. The van der Waals surface area contributed by atoms with E-state index in [1.807, 2.05) is 24.3 Å². The summed E-state index contributed by atoms with van der Waals surface area (Å²) in [5, 5.41) is 0. The number of methoxy groups -OCH3 is 1. The third kappa shape index (κ3) is 6.14. The number of piperazine rings is 1. The van der Waals surface area contributed by atoms with E-state index in [-0.39, 0.29) is 11.8 Å². The smallest absolute Gasteiger partial charge is 0.255 e. The third-order valence-electron chi connectivity index (χ3n) is 4.69. The predicted molar refractivity (Wildman–Crippen MR) is 117 cm³/mol. The summed E-state index contributed by atoms with van der Waals surface area (Å²) in [6.07, 6.45) is 4.89. The molecule has 7 nitrogen and oxygen atoms in total. The lowest BCUT2D eigenvalue weighted by Crippen LogP contribution is -2.50. The molecule has 1 aliphatic rings. The third-order valence-corrected chi connectivity index (χ3v) is 5.22.